The van der Waals surface area contributed by atoms with Crippen LogP contribution in [-0.4, -0.2) is 47.9 Å². The van der Waals surface area contributed by atoms with Crippen molar-refractivity contribution in [2.24, 2.45) is 0 Å². The molecule has 2 aromatic rings. The Balaban J connectivity index is 1.88. The molecule has 0 spiro atoms. The molecule has 2 heterocycles. The number of para-hydroxylation sites is 1. The fourth-order valence-corrected chi connectivity index (χ4v) is 3.79. The predicted molar refractivity (Wildman–Crippen MR) is 105 cm³/mol. The second-order valence-corrected chi connectivity index (χ2v) is 7.24. The Morgan fingerprint density at radius 3 is 2.68 bits per heavy atom. The maximum absolute atomic E-state index is 12.6. The number of aromatic nitrogens is 1. The SMILES string of the molecule is COc1ccccc1Cn1cc(I)c(CN2CCNCC2)c(O)c1=O. The maximum atomic E-state index is 12.6. The summed E-state index contributed by atoms with van der Waals surface area (Å²) in [6.45, 7) is 4.65. The van der Waals surface area contributed by atoms with Gasteiger partial charge >= 0.3 is 0 Å². The average Bonchev–Trinajstić information content (AvgIpc) is 2.64. The summed E-state index contributed by atoms with van der Waals surface area (Å²) in [6, 6.07) is 7.59. The van der Waals surface area contributed by atoms with Crippen molar-refractivity contribution >= 4 is 22.6 Å². The summed E-state index contributed by atoms with van der Waals surface area (Å²) >= 11 is 2.19. The highest BCUT2D eigenvalue weighted by Crippen LogP contribution is 2.23. The number of ether oxygens (including phenoxy) is 1. The van der Waals surface area contributed by atoms with E-state index < -0.39 is 0 Å². The van der Waals surface area contributed by atoms with Crippen LogP contribution in [0.5, 0.6) is 11.5 Å². The number of nitrogens with one attached hydrogen (secondary N) is 1. The summed E-state index contributed by atoms with van der Waals surface area (Å²) in [4.78, 5) is 14.9. The minimum Gasteiger partial charge on any atom is -0.503 e. The lowest BCUT2D eigenvalue weighted by Crippen LogP contribution is -2.43. The van der Waals surface area contributed by atoms with E-state index in [1.807, 2.05) is 30.5 Å². The topological polar surface area (TPSA) is 66.7 Å². The number of methoxy groups -OCH3 is 1. The summed E-state index contributed by atoms with van der Waals surface area (Å²) < 4.78 is 7.78. The molecule has 0 saturated carbocycles. The molecule has 134 valence electrons. The molecule has 0 aliphatic carbocycles. The van der Waals surface area contributed by atoms with Crippen molar-refractivity contribution in [3.63, 3.8) is 0 Å². The van der Waals surface area contributed by atoms with Crippen molar-refractivity contribution in [2.75, 3.05) is 33.3 Å². The molecule has 0 radical (unpaired) electrons. The average molecular weight is 455 g/mol. The molecule has 1 aliphatic heterocycles. The van der Waals surface area contributed by atoms with Crippen molar-refractivity contribution < 1.29 is 9.84 Å². The highest BCUT2D eigenvalue weighted by atomic mass is 127. The first-order valence-electron chi connectivity index (χ1n) is 8.26. The molecule has 1 aromatic heterocycles. The zero-order valence-corrected chi connectivity index (χ0v) is 16.3. The number of hydrogen-bond acceptors (Lipinski definition) is 5. The second-order valence-electron chi connectivity index (χ2n) is 6.08. The van der Waals surface area contributed by atoms with Gasteiger partial charge in [0, 0.05) is 53.6 Å². The predicted octanol–water partition coefficient (Wildman–Crippen LogP) is 1.62. The van der Waals surface area contributed by atoms with Gasteiger partial charge in [-0.2, -0.15) is 0 Å². The van der Waals surface area contributed by atoms with E-state index in [-0.39, 0.29) is 11.3 Å². The smallest absolute Gasteiger partial charge is 0.293 e. The molecule has 2 N–H and O–H groups in total. The van der Waals surface area contributed by atoms with Crippen molar-refractivity contribution in [1.29, 1.82) is 0 Å². The minimum atomic E-state index is -0.364. The summed E-state index contributed by atoms with van der Waals surface area (Å²) in [5, 5.41) is 13.8. The maximum Gasteiger partial charge on any atom is 0.293 e. The van der Waals surface area contributed by atoms with E-state index in [4.69, 9.17) is 4.74 Å². The van der Waals surface area contributed by atoms with Crippen LogP contribution in [0.2, 0.25) is 0 Å². The van der Waals surface area contributed by atoms with E-state index in [1.165, 1.54) is 4.57 Å². The van der Waals surface area contributed by atoms with Gasteiger partial charge in [0.2, 0.25) is 0 Å². The van der Waals surface area contributed by atoms with Crippen LogP contribution in [0, 0.1) is 3.57 Å². The Hall–Kier alpha value is -1.58. The highest BCUT2D eigenvalue weighted by Gasteiger charge is 2.18. The van der Waals surface area contributed by atoms with Crippen molar-refractivity contribution in [3.8, 4) is 11.5 Å². The first kappa shape index (κ1) is 18.2. The number of rotatable bonds is 5. The molecular formula is C18H22IN3O3. The molecule has 1 fully saturated rings. The van der Waals surface area contributed by atoms with Crippen molar-refractivity contribution in [1.82, 2.24) is 14.8 Å². The van der Waals surface area contributed by atoms with Gasteiger partial charge in [-0.05, 0) is 28.7 Å². The van der Waals surface area contributed by atoms with Crippen LogP contribution in [-0.2, 0) is 13.1 Å². The fourth-order valence-electron chi connectivity index (χ4n) is 3.03. The molecule has 0 unspecified atom stereocenters. The standard InChI is InChI=1S/C18H22IN3O3/c1-25-16-5-3-2-4-13(16)10-22-12-15(19)14(17(23)18(22)24)11-21-8-6-20-7-9-21/h2-5,12,20,23H,6-11H2,1H3. The van der Waals surface area contributed by atoms with E-state index in [1.54, 1.807) is 7.11 Å². The van der Waals surface area contributed by atoms with Gasteiger partial charge in [-0.3, -0.25) is 9.69 Å². The lowest BCUT2D eigenvalue weighted by atomic mass is 10.1. The summed E-state index contributed by atoms with van der Waals surface area (Å²) in [5.41, 5.74) is 1.25. The van der Waals surface area contributed by atoms with Gasteiger partial charge in [0.05, 0.1) is 13.7 Å². The first-order chi connectivity index (χ1) is 12.1. The van der Waals surface area contributed by atoms with Crippen LogP contribution in [0.4, 0.5) is 0 Å². The van der Waals surface area contributed by atoms with Gasteiger partial charge in [-0.25, -0.2) is 0 Å². The van der Waals surface area contributed by atoms with Crippen LogP contribution in [0.15, 0.2) is 35.3 Å². The third-order valence-corrected chi connectivity index (χ3v) is 5.36. The fraction of sp³-hybridized carbons (Fsp3) is 0.389. The number of piperazine rings is 1. The van der Waals surface area contributed by atoms with E-state index >= 15 is 0 Å². The van der Waals surface area contributed by atoms with Crippen LogP contribution < -0.4 is 15.6 Å². The van der Waals surface area contributed by atoms with Gasteiger partial charge in [-0.15, -0.1) is 0 Å². The zero-order chi connectivity index (χ0) is 17.8. The lowest BCUT2D eigenvalue weighted by Gasteiger charge is -2.27. The molecule has 3 rings (SSSR count). The summed E-state index contributed by atoms with van der Waals surface area (Å²) in [6.07, 6.45) is 1.81. The summed E-state index contributed by atoms with van der Waals surface area (Å²) in [7, 11) is 1.61. The Bertz CT molecular complexity index is 801. The van der Waals surface area contributed by atoms with Crippen LogP contribution >= 0.6 is 22.6 Å². The number of benzene rings is 1. The Labute approximate surface area is 160 Å². The normalized spacial score (nSPS) is 15.3. The number of aromatic hydroxyl groups is 1. The molecule has 6 nitrogen and oxygen atoms in total. The first-order valence-corrected chi connectivity index (χ1v) is 9.33. The van der Waals surface area contributed by atoms with Crippen LogP contribution in [0.3, 0.4) is 0 Å². The van der Waals surface area contributed by atoms with E-state index in [9.17, 15) is 9.90 Å². The van der Waals surface area contributed by atoms with Gasteiger partial charge < -0.3 is 19.7 Å². The van der Waals surface area contributed by atoms with Gasteiger partial charge in [0.15, 0.2) is 5.75 Å². The number of halogens is 1. The third kappa shape index (κ3) is 4.16. The number of nitrogens with zero attached hydrogens (tertiary/aromatic N) is 2. The molecule has 1 saturated heterocycles. The summed E-state index contributed by atoms with van der Waals surface area (Å²) in [5.74, 6) is 0.578. The Morgan fingerprint density at radius 2 is 1.96 bits per heavy atom. The quantitative estimate of drug-likeness (QED) is 0.672. The third-order valence-electron chi connectivity index (χ3n) is 4.43. The molecule has 7 heteroatoms. The molecular weight excluding hydrogens is 433 g/mol. The van der Waals surface area contributed by atoms with E-state index in [0.29, 0.717) is 18.7 Å². The monoisotopic (exact) mass is 455 g/mol. The van der Waals surface area contributed by atoms with Crippen LogP contribution in [0.25, 0.3) is 0 Å². The van der Waals surface area contributed by atoms with Gasteiger partial charge in [0.1, 0.15) is 5.75 Å². The number of pyridine rings is 1. The largest absolute Gasteiger partial charge is 0.503 e. The molecule has 0 bridgehead atoms. The number of hydrogen-bond donors (Lipinski definition) is 2. The lowest BCUT2D eigenvalue weighted by molar-refractivity contribution is 0.229. The van der Waals surface area contributed by atoms with Gasteiger partial charge in [-0.1, -0.05) is 18.2 Å². The minimum absolute atomic E-state index is 0.152. The molecule has 25 heavy (non-hydrogen) atoms. The Kier molecular flexibility index (Phi) is 5.98. The molecule has 1 aliphatic rings. The zero-order valence-electron chi connectivity index (χ0n) is 14.2. The van der Waals surface area contributed by atoms with Crippen molar-refractivity contribution in [2.45, 2.75) is 13.1 Å². The van der Waals surface area contributed by atoms with Gasteiger partial charge in [0.25, 0.3) is 5.56 Å². The van der Waals surface area contributed by atoms with Crippen LogP contribution in [0.1, 0.15) is 11.1 Å². The molecule has 0 amide bonds. The van der Waals surface area contributed by atoms with E-state index in [2.05, 4.69) is 32.8 Å². The van der Waals surface area contributed by atoms with Crippen molar-refractivity contribution in [3.05, 3.63) is 55.5 Å². The van der Waals surface area contributed by atoms with E-state index in [0.717, 1.165) is 41.1 Å². The molecule has 0 atom stereocenters. The highest BCUT2D eigenvalue weighted by molar-refractivity contribution is 14.1. The second kappa shape index (κ2) is 8.20. The Morgan fingerprint density at radius 1 is 1.24 bits per heavy atom. The molecule has 1 aromatic carbocycles.